The molecule has 1 atom stereocenters. The van der Waals surface area contributed by atoms with Gasteiger partial charge in [0.25, 0.3) is 0 Å². The van der Waals surface area contributed by atoms with Gasteiger partial charge < -0.3 is 14.8 Å². The summed E-state index contributed by atoms with van der Waals surface area (Å²) in [5.41, 5.74) is 2.04. The Morgan fingerprint density at radius 2 is 2.20 bits per heavy atom. The lowest BCUT2D eigenvalue weighted by atomic mass is 9.94. The number of aliphatic hydroxyl groups excluding tert-OH is 1. The maximum atomic E-state index is 9.12. The van der Waals surface area contributed by atoms with Gasteiger partial charge in [-0.15, -0.1) is 0 Å². The number of pyridine rings is 1. The molecule has 0 spiro atoms. The number of hydrogen-bond donors (Lipinski definition) is 2. The minimum absolute atomic E-state index is 0.271. The van der Waals surface area contributed by atoms with E-state index in [0.29, 0.717) is 11.8 Å². The lowest BCUT2D eigenvalue weighted by Gasteiger charge is -2.18. The third-order valence-electron chi connectivity index (χ3n) is 3.50. The minimum atomic E-state index is 0.271. The summed E-state index contributed by atoms with van der Waals surface area (Å²) in [4.78, 5) is 4.57. The number of nitrogens with one attached hydrogen (secondary N) is 1. The van der Waals surface area contributed by atoms with Gasteiger partial charge in [-0.3, -0.25) is 0 Å². The summed E-state index contributed by atoms with van der Waals surface area (Å²) in [6.07, 6.45) is 6.10. The molecule has 4 nitrogen and oxygen atoms in total. The van der Waals surface area contributed by atoms with Gasteiger partial charge in [-0.1, -0.05) is 19.9 Å². The van der Waals surface area contributed by atoms with E-state index in [1.54, 1.807) is 0 Å². The van der Waals surface area contributed by atoms with Crippen LogP contribution in [-0.4, -0.2) is 27.6 Å². The zero-order valence-corrected chi connectivity index (χ0v) is 12.4. The second kappa shape index (κ2) is 7.41. The van der Waals surface area contributed by atoms with Crippen LogP contribution < -0.4 is 5.32 Å². The van der Waals surface area contributed by atoms with Crippen molar-refractivity contribution in [3.63, 3.8) is 0 Å². The quantitative estimate of drug-likeness (QED) is 0.778. The van der Waals surface area contributed by atoms with E-state index in [4.69, 9.17) is 5.11 Å². The van der Waals surface area contributed by atoms with Crippen molar-refractivity contribution in [2.24, 2.45) is 11.8 Å². The number of nitrogens with zero attached hydrogens (tertiary/aromatic N) is 2. The molecule has 1 unspecified atom stereocenters. The third-order valence-corrected chi connectivity index (χ3v) is 3.50. The molecular formula is C16H25N3O. The Hall–Kier alpha value is -1.39. The van der Waals surface area contributed by atoms with Crippen LogP contribution in [0.4, 0.5) is 0 Å². The fourth-order valence-corrected chi connectivity index (χ4v) is 2.63. The number of aromatic nitrogens is 2. The van der Waals surface area contributed by atoms with E-state index >= 15 is 0 Å². The summed E-state index contributed by atoms with van der Waals surface area (Å²) >= 11 is 0. The van der Waals surface area contributed by atoms with Crippen LogP contribution in [0.2, 0.25) is 0 Å². The summed E-state index contributed by atoms with van der Waals surface area (Å²) in [6.45, 7) is 6.45. The van der Waals surface area contributed by atoms with Crippen LogP contribution in [-0.2, 0) is 6.54 Å². The SMILES string of the molecule is CC(C)CC(CCO)CNCc1cn2ccccc2n1. The fourth-order valence-electron chi connectivity index (χ4n) is 2.63. The molecule has 2 aromatic rings. The Morgan fingerprint density at radius 1 is 1.35 bits per heavy atom. The average Bonchev–Trinajstić information content (AvgIpc) is 2.80. The summed E-state index contributed by atoms with van der Waals surface area (Å²) in [5, 5.41) is 12.6. The highest BCUT2D eigenvalue weighted by atomic mass is 16.3. The highest BCUT2D eigenvalue weighted by Crippen LogP contribution is 2.14. The van der Waals surface area contributed by atoms with Gasteiger partial charge in [0.15, 0.2) is 0 Å². The third kappa shape index (κ3) is 4.32. The van der Waals surface area contributed by atoms with Gasteiger partial charge in [-0.2, -0.15) is 0 Å². The van der Waals surface area contributed by atoms with Crippen LogP contribution in [0.5, 0.6) is 0 Å². The first-order valence-corrected chi connectivity index (χ1v) is 7.43. The number of rotatable bonds is 8. The van der Waals surface area contributed by atoms with Crippen molar-refractivity contribution in [3.8, 4) is 0 Å². The van der Waals surface area contributed by atoms with Gasteiger partial charge >= 0.3 is 0 Å². The van der Waals surface area contributed by atoms with E-state index in [0.717, 1.165) is 37.3 Å². The molecule has 0 saturated heterocycles. The summed E-state index contributed by atoms with van der Waals surface area (Å²) in [6, 6.07) is 6.02. The smallest absolute Gasteiger partial charge is 0.137 e. The van der Waals surface area contributed by atoms with E-state index in [2.05, 4.69) is 30.3 Å². The first-order valence-electron chi connectivity index (χ1n) is 7.43. The van der Waals surface area contributed by atoms with Gasteiger partial charge in [0.1, 0.15) is 5.65 Å². The summed E-state index contributed by atoms with van der Waals surface area (Å²) in [7, 11) is 0. The van der Waals surface area contributed by atoms with Crippen molar-refractivity contribution < 1.29 is 5.11 Å². The highest BCUT2D eigenvalue weighted by molar-refractivity contribution is 5.39. The Kier molecular flexibility index (Phi) is 5.56. The Bertz CT molecular complexity index is 488. The van der Waals surface area contributed by atoms with Gasteiger partial charge in [0, 0.05) is 25.5 Å². The predicted molar refractivity (Wildman–Crippen MR) is 81.5 cm³/mol. The molecule has 0 bridgehead atoms. The maximum Gasteiger partial charge on any atom is 0.137 e. The molecule has 0 aliphatic rings. The average molecular weight is 275 g/mol. The molecule has 2 heterocycles. The van der Waals surface area contributed by atoms with Crippen molar-refractivity contribution in [1.29, 1.82) is 0 Å². The van der Waals surface area contributed by atoms with E-state index in [9.17, 15) is 0 Å². The largest absolute Gasteiger partial charge is 0.396 e. The second-order valence-corrected chi connectivity index (χ2v) is 5.84. The highest BCUT2D eigenvalue weighted by Gasteiger charge is 2.10. The van der Waals surface area contributed by atoms with Crippen LogP contribution >= 0.6 is 0 Å². The predicted octanol–water partition coefficient (Wildman–Crippen LogP) is 2.47. The van der Waals surface area contributed by atoms with E-state index in [1.807, 2.05) is 28.8 Å². The molecule has 0 aromatic carbocycles. The molecule has 4 heteroatoms. The van der Waals surface area contributed by atoms with Crippen LogP contribution in [0.15, 0.2) is 30.6 Å². The van der Waals surface area contributed by atoms with Crippen LogP contribution in [0, 0.1) is 11.8 Å². The van der Waals surface area contributed by atoms with Gasteiger partial charge in [0.05, 0.1) is 5.69 Å². The maximum absolute atomic E-state index is 9.12. The Labute approximate surface area is 120 Å². The monoisotopic (exact) mass is 275 g/mol. The number of fused-ring (bicyclic) bond motifs is 1. The van der Waals surface area contributed by atoms with Crippen LogP contribution in [0.1, 0.15) is 32.4 Å². The molecule has 0 fully saturated rings. The van der Waals surface area contributed by atoms with Crippen molar-refractivity contribution >= 4 is 5.65 Å². The molecule has 0 aliphatic heterocycles. The zero-order chi connectivity index (χ0) is 14.4. The Balaban J connectivity index is 1.84. The summed E-state index contributed by atoms with van der Waals surface area (Å²) in [5.74, 6) is 1.21. The molecule has 110 valence electrons. The molecule has 0 aliphatic carbocycles. The molecule has 0 radical (unpaired) electrons. The van der Waals surface area contributed by atoms with Crippen molar-refractivity contribution in [1.82, 2.24) is 14.7 Å². The standard InChI is InChI=1S/C16H25N3O/c1-13(2)9-14(6-8-20)10-17-11-15-12-19-7-4-3-5-16(19)18-15/h3-5,7,12-14,17,20H,6,8-11H2,1-2H3. The van der Waals surface area contributed by atoms with Crippen molar-refractivity contribution in [2.75, 3.05) is 13.2 Å². The minimum Gasteiger partial charge on any atom is -0.396 e. The van der Waals surface area contributed by atoms with Gasteiger partial charge in [-0.05, 0) is 43.4 Å². The number of hydrogen-bond acceptors (Lipinski definition) is 3. The second-order valence-electron chi connectivity index (χ2n) is 5.84. The topological polar surface area (TPSA) is 49.6 Å². The Morgan fingerprint density at radius 3 is 2.90 bits per heavy atom. The molecule has 0 saturated carbocycles. The molecule has 20 heavy (non-hydrogen) atoms. The lowest BCUT2D eigenvalue weighted by Crippen LogP contribution is -2.24. The summed E-state index contributed by atoms with van der Waals surface area (Å²) < 4.78 is 2.04. The van der Waals surface area contributed by atoms with Crippen LogP contribution in [0.3, 0.4) is 0 Å². The van der Waals surface area contributed by atoms with Crippen molar-refractivity contribution in [2.45, 2.75) is 33.2 Å². The number of imidazole rings is 1. The lowest BCUT2D eigenvalue weighted by molar-refractivity contribution is 0.239. The first-order chi connectivity index (χ1) is 9.69. The molecule has 2 aromatic heterocycles. The van der Waals surface area contributed by atoms with Crippen molar-refractivity contribution in [3.05, 3.63) is 36.3 Å². The zero-order valence-electron chi connectivity index (χ0n) is 12.4. The normalized spacial score (nSPS) is 13.2. The molecule has 2 rings (SSSR count). The van der Waals surface area contributed by atoms with E-state index in [-0.39, 0.29) is 6.61 Å². The number of aliphatic hydroxyl groups is 1. The first kappa shape index (κ1) is 15.0. The van der Waals surface area contributed by atoms with E-state index in [1.165, 1.54) is 0 Å². The van der Waals surface area contributed by atoms with Gasteiger partial charge in [0.2, 0.25) is 0 Å². The molecule has 2 N–H and O–H groups in total. The molecular weight excluding hydrogens is 250 g/mol. The van der Waals surface area contributed by atoms with Crippen LogP contribution in [0.25, 0.3) is 5.65 Å². The molecule has 0 amide bonds. The van der Waals surface area contributed by atoms with E-state index < -0.39 is 0 Å². The van der Waals surface area contributed by atoms with Gasteiger partial charge in [-0.25, -0.2) is 4.98 Å². The fraction of sp³-hybridized carbons (Fsp3) is 0.562.